The van der Waals surface area contributed by atoms with Gasteiger partial charge in [-0.2, -0.15) is 0 Å². The molecule has 4 saturated carbocycles. The van der Waals surface area contributed by atoms with E-state index >= 15 is 0 Å². The predicted molar refractivity (Wildman–Crippen MR) is 141 cm³/mol. The lowest BCUT2D eigenvalue weighted by Crippen LogP contribution is -2.34. The lowest BCUT2D eigenvalue weighted by atomic mass is 9.62. The average Bonchev–Trinajstić information content (AvgIpc) is 2.84. The highest BCUT2D eigenvalue weighted by Crippen LogP contribution is 2.48. The van der Waals surface area contributed by atoms with E-state index in [9.17, 15) is 0 Å². The highest BCUT2D eigenvalue weighted by Gasteiger charge is 2.38. The Balaban J connectivity index is 1.04. The Morgan fingerprint density at radius 1 is 0.438 bits per heavy atom. The number of rotatable bonds is 11. The average molecular weight is 443 g/mol. The second-order valence-corrected chi connectivity index (χ2v) is 13.3. The summed E-state index contributed by atoms with van der Waals surface area (Å²) < 4.78 is 0. The molecule has 0 nitrogen and oxygen atoms in total. The summed E-state index contributed by atoms with van der Waals surface area (Å²) in [6.45, 7) is 5.23. The molecule has 0 aromatic carbocycles. The zero-order chi connectivity index (χ0) is 22.2. The summed E-state index contributed by atoms with van der Waals surface area (Å²) in [6, 6.07) is 0. The van der Waals surface area contributed by atoms with Crippen molar-refractivity contribution in [1.29, 1.82) is 0 Å². The summed E-state index contributed by atoms with van der Waals surface area (Å²) in [5.74, 6) is 8.62. The van der Waals surface area contributed by atoms with Crippen LogP contribution in [0.1, 0.15) is 155 Å². The van der Waals surface area contributed by atoms with Crippen molar-refractivity contribution < 1.29 is 0 Å². The quantitative estimate of drug-likeness (QED) is 0.279. The summed E-state index contributed by atoms with van der Waals surface area (Å²) in [6.07, 6.45) is 33.8. The van der Waals surface area contributed by atoms with Gasteiger partial charge in [-0.25, -0.2) is 0 Å². The molecule has 4 aliphatic rings. The van der Waals surface area contributed by atoms with Crippen molar-refractivity contribution in [3.63, 3.8) is 0 Å². The van der Waals surface area contributed by atoms with Gasteiger partial charge in [0.1, 0.15) is 0 Å². The first-order chi connectivity index (χ1) is 15.7. The van der Waals surface area contributed by atoms with Crippen molar-refractivity contribution >= 4 is 0 Å². The maximum absolute atomic E-state index is 2.62. The largest absolute Gasteiger partial charge is 0.0622 e. The Labute approximate surface area is 202 Å². The van der Waals surface area contributed by atoms with Gasteiger partial charge in [-0.3, -0.25) is 0 Å². The summed E-state index contributed by atoms with van der Waals surface area (Å²) in [5, 5.41) is 0. The van der Waals surface area contributed by atoms with Gasteiger partial charge in [0, 0.05) is 0 Å². The minimum atomic E-state index is 1.00. The van der Waals surface area contributed by atoms with Gasteiger partial charge < -0.3 is 0 Å². The predicted octanol–water partition coefficient (Wildman–Crippen LogP) is 10.6. The zero-order valence-electron chi connectivity index (χ0n) is 22.2. The lowest BCUT2D eigenvalue weighted by molar-refractivity contribution is 0.0653. The van der Waals surface area contributed by atoms with Crippen molar-refractivity contribution in [2.24, 2.45) is 47.3 Å². The molecule has 0 heteroatoms. The standard InChI is InChI=1S/C32H58/c1-25(29-23-13-19-27-17-9-11-21-31(27)29)15-7-5-3-4-6-8-16-26(2)30-24-14-20-28-18-10-12-22-32(28)30/h25-32H,3-24H2,1-2H3. The molecule has 0 N–H and O–H groups in total. The third-order valence-corrected chi connectivity index (χ3v) is 11.3. The molecule has 0 bridgehead atoms. The summed E-state index contributed by atoms with van der Waals surface area (Å²) >= 11 is 0. The van der Waals surface area contributed by atoms with Gasteiger partial charge in [0.05, 0.1) is 0 Å². The SMILES string of the molecule is CC(CCCCCCCCC(C)C1CCCC2CCCCC21)C1CCCC2CCCCC21. The van der Waals surface area contributed by atoms with Crippen molar-refractivity contribution in [2.45, 2.75) is 155 Å². The fourth-order valence-corrected chi connectivity index (χ4v) is 9.46. The molecule has 0 aliphatic heterocycles. The monoisotopic (exact) mass is 442 g/mol. The molecule has 8 atom stereocenters. The second kappa shape index (κ2) is 13.2. The van der Waals surface area contributed by atoms with Crippen LogP contribution in [-0.2, 0) is 0 Å². The van der Waals surface area contributed by atoms with E-state index in [1.807, 2.05) is 0 Å². The first-order valence-corrected chi connectivity index (χ1v) is 15.7. The first-order valence-electron chi connectivity index (χ1n) is 15.7. The van der Waals surface area contributed by atoms with Crippen LogP contribution in [0.3, 0.4) is 0 Å². The van der Waals surface area contributed by atoms with E-state index in [0.717, 1.165) is 47.3 Å². The Kier molecular flexibility index (Phi) is 10.3. The van der Waals surface area contributed by atoms with Gasteiger partial charge in [-0.1, -0.05) is 129 Å². The molecule has 0 saturated heterocycles. The molecule has 0 aromatic heterocycles. The lowest BCUT2D eigenvalue weighted by Gasteiger charge is -2.44. The van der Waals surface area contributed by atoms with Crippen molar-refractivity contribution in [2.75, 3.05) is 0 Å². The van der Waals surface area contributed by atoms with E-state index in [1.165, 1.54) is 89.9 Å². The Morgan fingerprint density at radius 3 is 1.28 bits per heavy atom. The molecule has 0 spiro atoms. The topological polar surface area (TPSA) is 0 Å². The molecular weight excluding hydrogens is 384 g/mol. The number of hydrogen-bond acceptors (Lipinski definition) is 0. The summed E-state index contributed by atoms with van der Waals surface area (Å²) in [5.41, 5.74) is 0. The molecular formula is C32H58. The Morgan fingerprint density at radius 2 is 0.812 bits per heavy atom. The fraction of sp³-hybridized carbons (Fsp3) is 1.00. The molecule has 0 radical (unpaired) electrons. The normalized spacial score (nSPS) is 37.3. The van der Waals surface area contributed by atoms with Gasteiger partial charge >= 0.3 is 0 Å². The van der Waals surface area contributed by atoms with Crippen LogP contribution in [-0.4, -0.2) is 0 Å². The number of hydrogen-bond donors (Lipinski definition) is 0. The minimum absolute atomic E-state index is 1.00. The van der Waals surface area contributed by atoms with Crippen LogP contribution in [0, 0.1) is 47.3 Å². The van der Waals surface area contributed by atoms with Crippen molar-refractivity contribution in [3.05, 3.63) is 0 Å². The van der Waals surface area contributed by atoms with Crippen LogP contribution >= 0.6 is 0 Å². The number of fused-ring (bicyclic) bond motifs is 2. The van der Waals surface area contributed by atoms with E-state index in [0.29, 0.717) is 0 Å². The van der Waals surface area contributed by atoms with Gasteiger partial charge in [-0.15, -0.1) is 0 Å². The van der Waals surface area contributed by atoms with Gasteiger partial charge in [0.15, 0.2) is 0 Å². The van der Waals surface area contributed by atoms with Crippen LogP contribution in [0.2, 0.25) is 0 Å². The third-order valence-electron chi connectivity index (χ3n) is 11.3. The third kappa shape index (κ3) is 6.78. The maximum atomic E-state index is 2.62. The number of unbranched alkanes of at least 4 members (excludes halogenated alkanes) is 5. The smallest absolute Gasteiger partial charge is 0.0355 e. The Bertz CT molecular complexity index is 458. The summed E-state index contributed by atoms with van der Waals surface area (Å²) in [4.78, 5) is 0. The molecule has 8 unspecified atom stereocenters. The summed E-state index contributed by atoms with van der Waals surface area (Å²) in [7, 11) is 0. The van der Waals surface area contributed by atoms with Gasteiger partial charge in [-0.05, 0) is 73.0 Å². The Hall–Kier alpha value is 0. The van der Waals surface area contributed by atoms with E-state index in [4.69, 9.17) is 0 Å². The first kappa shape index (κ1) is 25.1. The molecule has 186 valence electrons. The maximum Gasteiger partial charge on any atom is -0.0355 e. The van der Waals surface area contributed by atoms with Crippen molar-refractivity contribution in [3.8, 4) is 0 Å². The van der Waals surface area contributed by atoms with Crippen LogP contribution < -0.4 is 0 Å². The highest BCUT2D eigenvalue weighted by molar-refractivity contribution is 4.88. The molecule has 32 heavy (non-hydrogen) atoms. The molecule has 0 amide bonds. The van der Waals surface area contributed by atoms with E-state index in [2.05, 4.69) is 13.8 Å². The van der Waals surface area contributed by atoms with Gasteiger partial charge in [0.25, 0.3) is 0 Å². The van der Waals surface area contributed by atoms with E-state index < -0.39 is 0 Å². The van der Waals surface area contributed by atoms with Crippen LogP contribution in [0.15, 0.2) is 0 Å². The highest BCUT2D eigenvalue weighted by atomic mass is 14.4. The molecule has 4 rings (SSSR count). The van der Waals surface area contributed by atoms with E-state index in [-0.39, 0.29) is 0 Å². The molecule has 4 aliphatic carbocycles. The van der Waals surface area contributed by atoms with Crippen molar-refractivity contribution in [1.82, 2.24) is 0 Å². The zero-order valence-corrected chi connectivity index (χ0v) is 22.2. The molecule has 0 aromatic rings. The fourth-order valence-electron chi connectivity index (χ4n) is 9.46. The minimum Gasteiger partial charge on any atom is -0.0622 e. The molecule has 4 fully saturated rings. The molecule has 0 heterocycles. The second-order valence-electron chi connectivity index (χ2n) is 13.3. The van der Waals surface area contributed by atoms with Crippen LogP contribution in [0.25, 0.3) is 0 Å². The van der Waals surface area contributed by atoms with Gasteiger partial charge in [0.2, 0.25) is 0 Å². The van der Waals surface area contributed by atoms with Crippen LogP contribution in [0.4, 0.5) is 0 Å². The van der Waals surface area contributed by atoms with E-state index in [1.54, 1.807) is 51.4 Å². The van der Waals surface area contributed by atoms with Crippen LogP contribution in [0.5, 0.6) is 0 Å².